The van der Waals surface area contributed by atoms with E-state index in [9.17, 15) is 14.7 Å². The van der Waals surface area contributed by atoms with Crippen molar-refractivity contribution in [1.82, 2.24) is 10.2 Å². The molecule has 0 spiro atoms. The summed E-state index contributed by atoms with van der Waals surface area (Å²) in [7, 11) is 0. The van der Waals surface area contributed by atoms with Crippen molar-refractivity contribution in [1.29, 1.82) is 0 Å². The SMILES string of the molecule is CCOCC(=O)N(C1CCCCCC1)[C@@H]1CC(C(=O)NCCO)=C[C@H](Oc2ccccc2I)[C@H]1O. The van der Waals surface area contributed by atoms with Gasteiger partial charge in [0.25, 0.3) is 0 Å². The monoisotopic (exact) mass is 600 g/mol. The Hall–Kier alpha value is -1.69. The summed E-state index contributed by atoms with van der Waals surface area (Å²) in [5.41, 5.74) is 0.438. The van der Waals surface area contributed by atoms with Crippen LogP contribution in [0.5, 0.6) is 5.75 Å². The molecule has 0 aromatic heterocycles. The van der Waals surface area contributed by atoms with Crippen LogP contribution in [0.3, 0.4) is 0 Å². The highest BCUT2D eigenvalue weighted by atomic mass is 127. The molecule has 0 radical (unpaired) electrons. The summed E-state index contributed by atoms with van der Waals surface area (Å²) in [6.45, 7) is 2.16. The van der Waals surface area contributed by atoms with E-state index in [-0.39, 0.29) is 44.0 Å². The Bertz CT molecular complexity index is 871. The summed E-state index contributed by atoms with van der Waals surface area (Å²) in [6, 6.07) is 6.83. The minimum atomic E-state index is -1.02. The van der Waals surface area contributed by atoms with Crippen molar-refractivity contribution in [3.63, 3.8) is 0 Å². The third-order valence-electron chi connectivity index (χ3n) is 6.61. The predicted octanol–water partition coefficient (Wildman–Crippen LogP) is 2.79. The molecular weight excluding hydrogens is 563 g/mol. The molecule has 35 heavy (non-hydrogen) atoms. The van der Waals surface area contributed by atoms with E-state index in [1.165, 1.54) is 0 Å². The Balaban J connectivity index is 1.95. The van der Waals surface area contributed by atoms with Crippen LogP contribution in [-0.2, 0) is 14.3 Å². The number of amides is 2. The standard InChI is InChI=1S/C26H37IN2O6/c1-2-34-17-24(31)29(19-9-5-3-4-6-10-19)21-15-18(26(33)28-13-14-30)16-23(25(21)32)35-22-12-8-7-11-20(22)27/h7-8,11-12,16,19,21,23,25,30,32H,2-6,9-10,13-15,17H2,1H3,(H,28,33)/t21-,23+,25+/m1/s1. The van der Waals surface area contributed by atoms with E-state index < -0.39 is 18.2 Å². The quantitative estimate of drug-likeness (QED) is 0.282. The lowest BCUT2D eigenvalue weighted by atomic mass is 9.86. The Morgan fingerprint density at radius 2 is 1.89 bits per heavy atom. The second kappa shape index (κ2) is 14.2. The number of carbonyl (C=O) groups is 2. The Labute approximate surface area is 221 Å². The third-order valence-corrected chi connectivity index (χ3v) is 7.50. The number of aliphatic hydroxyl groups is 2. The van der Waals surface area contributed by atoms with E-state index in [1.807, 2.05) is 31.2 Å². The van der Waals surface area contributed by atoms with Gasteiger partial charge in [-0.3, -0.25) is 9.59 Å². The van der Waals surface area contributed by atoms with Crippen LogP contribution < -0.4 is 10.1 Å². The van der Waals surface area contributed by atoms with Crippen molar-refractivity contribution >= 4 is 34.4 Å². The molecule has 2 aliphatic rings. The number of nitrogens with one attached hydrogen (secondary N) is 1. The molecule has 0 saturated heterocycles. The first-order valence-electron chi connectivity index (χ1n) is 12.5. The summed E-state index contributed by atoms with van der Waals surface area (Å²) in [5.74, 6) is 0.101. The fourth-order valence-electron chi connectivity index (χ4n) is 4.89. The minimum Gasteiger partial charge on any atom is -0.482 e. The van der Waals surface area contributed by atoms with Crippen LogP contribution in [-0.4, -0.2) is 77.6 Å². The number of hydrogen-bond donors (Lipinski definition) is 3. The number of ether oxygens (including phenoxy) is 2. The molecule has 0 aliphatic heterocycles. The average Bonchev–Trinajstić information content (AvgIpc) is 3.14. The zero-order chi connectivity index (χ0) is 25.2. The minimum absolute atomic E-state index is 0.0255. The molecule has 8 nitrogen and oxygen atoms in total. The summed E-state index contributed by atoms with van der Waals surface area (Å²) < 4.78 is 12.5. The first-order valence-corrected chi connectivity index (χ1v) is 13.6. The van der Waals surface area contributed by atoms with Crippen molar-refractivity contribution in [3.05, 3.63) is 39.5 Å². The molecule has 2 amide bonds. The molecule has 0 heterocycles. The second-order valence-corrected chi connectivity index (χ2v) is 10.2. The van der Waals surface area contributed by atoms with E-state index in [2.05, 4.69) is 27.9 Å². The maximum atomic E-state index is 13.4. The van der Waals surface area contributed by atoms with Gasteiger partial charge in [0.2, 0.25) is 11.8 Å². The largest absolute Gasteiger partial charge is 0.482 e. The Morgan fingerprint density at radius 3 is 2.54 bits per heavy atom. The molecule has 3 atom stereocenters. The van der Waals surface area contributed by atoms with Crippen LogP contribution in [0.2, 0.25) is 0 Å². The summed E-state index contributed by atoms with van der Waals surface area (Å²) in [4.78, 5) is 28.1. The smallest absolute Gasteiger partial charge is 0.249 e. The fourth-order valence-corrected chi connectivity index (χ4v) is 5.41. The summed E-state index contributed by atoms with van der Waals surface area (Å²) in [6.07, 6.45) is 6.04. The molecule has 9 heteroatoms. The van der Waals surface area contributed by atoms with Gasteiger partial charge < -0.3 is 29.9 Å². The highest BCUT2D eigenvalue weighted by molar-refractivity contribution is 14.1. The Morgan fingerprint density at radius 1 is 1.17 bits per heavy atom. The van der Waals surface area contributed by atoms with Crippen molar-refractivity contribution in [3.8, 4) is 5.75 Å². The fraction of sp³-hybridized carbons (Fsp3) is 0.615. The molecule has 1 aromatic carbocycles. The molecule has 0 bridgehead atoms. The molecule has 1 aromatic rings. The summed E-state index contributed by atoms with van der Waals surface area (Å²) >= 11 is 2.17. The molecule has 1 fully saturated rings. The zero-order valence-corrected chi connectivity index (χ0v) is 22.5. The van der Waals surface area contributed by atoms with E-state index in [0.717, 1.165) is 42.1 Å². The van der Waals surface area contributed by atoms with Crippen molar-refractivity contribution < 1.29 is 29.3 Å². The number of para-hydroxylation sites is 1. The van der Waals surface area contributed by atoms with Crippen LogP contribution in [0.4, 0.5) is 0 Å². The molecule has 194 valence electrons. The predicted molar refractivity (Wildman–Crippen MR) is 141 cm³/mol. The zero-order valence-electron chi connectivity index (χ0n) is 20.3. The highest BCUT2D eigenvalue weighted by Gasteiger charge is 2.43. The number of hydrogen-bond acceptors (Lipinski definition) is 6. The van der Waals surface area contributed by atoms with E-state index >= 15 is 0 Å². The van der Waals surface area contributed by atoms with Crippen LogP contribution in [0, 0.1) is 3.57 Å². The van der Waals surface area contributed by atoms with Crippen LogP contribution >= 0.6 is 22.6 Å². The second-order valence-electron chi connectivity index (χ2n) is 9.03. The lowest BCUT2D eigenvalue weighted by Crippen LogP contribution is -2.58. The Kier molecular flexibility index (Phi) is 11.3. The third kappa shape index (κ3) is 7.65. The maximum absolute atomic E-state index is 13.4. The topological polar surface area (TPSA) is 108 Å². The van der Waals surface area contributed by atoms with Gasteiger partial charge in [0, 0.05) is 31.2 Å². The molecule has 2 aliphatic carbocycles. The lowest BCUT2D eigenvalue weighted by molar-refractivity contribution is -0.147. The van der Waals surface area contributed by atoms with Gasteiger partial charge in [-0.1, -0.05) is 37.8 Å². The first kappa shape index (κ1) is 27.9. The molecular formula is C26H37IN2O6. The molecule has 3 rings (SSSR count). The number of halogens is 1. The van der Waals surface area contributed by atoms with Crippen LogP contribution in [0.1, 0.15) is 51.9 Å². The lowest BCUT2D eigenvalue weighted by Gasteiger charge is -2.44. The van der Waals surface area contributed by atoms with Crippen molar-refractivity contribution in [2.75, 3.05) is 26.4 Å². The normalized spacial score (nSPS) is 23.2. The van der Waals surface area contributed by atoms with Gasteiger partial charge in [-0.05, 0) is 60.6 Å². The van der Waals surface area contributed by atoms with Gasteiger partial charge in [0.1, 0.15) is 24.6 Å². The van der Waals surface area contributed by atoms with E-state index in [4.69, 9.17) is 14.6 Å². The van der Waals surface area contributed by atoms with Gasteiger partial charge in [-0.25, -0.2) is 0 Å². The highest BCUT2D eigenvalue weighted by Crippen LogP contribution is 2.33. The van der Waals surface area contributed by atoms with Gasteiger partial charge >= 0.3 is 0 Å². The first-order chi connectivity index (χ1) is 17.0. The number of aliphatic hydroxyl groups excluding tert-OH is 2. The maximum Gasteiger partial charge on any atom is 0.249 e. The average molecular weight is 600 g/mol. The molecule has 3 N–H and O–H groups in total. The van der Waals surface area contributed by atoms with Gasteiger partial charge in [-0.2, -0.15) is 0 Å². The summed E-state index contributed by atoms with van der Waals surface area (Å²) in [5, 5.41) is 23.4. The van der Waals surface area contributed by atoms with E-state index in [0.29, 0.717) is 17.9 Å². The van der Waals surface area contributed by atoms with Gasteiger partial charge in [0.15, 0.2) is 0 Å². The molecule has 0 unspecified atom stereocenters. The number of carbonyl (C=O) groups excluding carboxylic acids is 2. The number of benzene rings is 1. The number of nitrogens with zero attached hydrogens (tertiary/aromatic N) is 1. The number of rotatable bonds is 10. The molecule has 1 saturated carbocycles. The van der Waals surface area contributed by atoms with Crippen LogP contribution in [0.15, 0.2) is 35.9 Å². The van der Waals surface area contributed by atoms with E-state index in [1.54, 1.807) is 11.0 Å². The van der Waals surface area contributed by atoms with Crippen LogP contribution in [0.25, 0.3) is 0 Å². The van der Waals surface area contributed by atoms with Gasteiger partial charge in [-0.15, -0.1) is 0 Å². The van der Waals surface area contributed by atoms with Gasteiger partial charge in [0.05, 0.1) is 16.2 Å². The van der Waals surface area contributed by atoms with Crippen molar-refractivity contribution in [2.45, 2.75) is 76.2 Å². The van der Waals surface area contributed by atoms with Crippen molar-refractivity contribution in [2.24, 2.45) is 0 Å².